The molecule has 0 amide bonds. The van der Waals surface area contributed by atoms with Crippen LogP contribution in [-0.2, 0) is 12.0 Å². The van der Waals surface area contributed by atoms with E-state index in [1.807, 2.05) is 0 Å². The lowest BCUT2D eigenvalue weighted by atomic mass is 9.76. The molecule has 4 heteroatoms. The fourth-order valence-corrected chi connectivity index (χ4v) is 3.40. The molecular weight excluding hydrogens is 230 g/mol. The zero-order chi connectivity index (χ0) is 12.3. The van der Waals surface area contributed by atoms with Crippen molar-refractivity contribution < 1.29 is 0 Å². The van der Waals surface area contributed by atoms with Crippen LogP contribution in [0.5, 0.6) is 0 Å². The molecule has 1 aromatic heterocycles. The summed E-state index contributed by atoms with van der Waals surface area (Å²) in [6.45, 7) is 7.52. The minimum Gasteiger partial charge on any atom is -0.308 e. The summed E-state index contributed by atoms with van der Waals surface area (Å²) in [5.41, 5.74) is 0.298. The lowest BCUT2D eigenvalue weighted by molar-refractivity contribution is 0.317. The van der Waals surface area contributed by atoms with Crippen LogP contribution in [0.3, 0.4) is 0 Å². The Hall–Kier alpha value is -0.480. The predicted octanol–water partition coefficient (Wildman–Crippen LogP) is 3.26. The first-order valence-corrected chi connectivity index (χ1v) is 7.48. The monoisotopic (exact) mass is 253 g/mol. The van der Waals surface area contributed by atoms with E-state index in [2.05, 4.69) is 36.3 Å². The van der Waals surface area contributed by atoms with Crippen molar-refractivity contribution in [3.63, 3.8) is 0 Å². The van der Waals surface area contributed by atoms with Crippen molar-refractivity contribution in [2.24, 2.45) is 0 Å². The summed E-state index contributed by atoms with van der Waals surface area (Å²) < 4.78 is 0. The Balaban J connectivity index is 2.01. The molecule has 1 aliphatic rings. The maximum absolute atomic E-state index is 4.42. The van der Waals surface area contributed by atoms with Crippen LogP contribution in [-0.4, -0.2) is 16.2 Å². The second-order valence-corrected chi connectivity index (χ2v) is 6.72. The molecule has 1 N–H and O–H groups in total. The van der Waals surface area contributed by atoms with Gasteiger partial charge in [0.15, 0.2) is 0 Å². The Morgan fingerprint density at radius 1 is 1.24 bits per heavy atom. The van der Waals surface area contributed by atoms with Crippen molar-refractivity contribution in [3.05, 3.63) is 10.0 Å². The van der Waals surface area contributed by atoms with Gasteiger partial charge in [0.05, 0.1) is 0 Å². The lowest BCUT2D eigenvalue weighted by Gasteiger charge is -2.30. The van der Waals surface area contributed by atoms with Crippen molar-refractivity contribution in [2.45, 2.75) is 70.9 Å². The number of rotatable bonds is 4. The summed E-state index contributed by atoms with van der Waals surface area (Å²) in [6, 6.07) is 0.507. The molecule has 1 aliphatic carbocycles. The van der Waals surface area contributed by atoms with Gasteiger partial charge in [0.2, 0.25) is 0 Å². The molecule has 0 aromatic carbocycles. The Morgan fingerprint density at radius 3 is 2.59 bits per heavy atom. The van der Waals surface area contributed by atoms with Crippen LogP contribution in [0, 0.1) is 0 Å². The Morgan fingerprint density at radius 2 is 1.94 bits per heavy atom. The first-order chi connectivity index (χ1) is 8.10. The van der Waals surface area contributed by atoms with Gasteiger partial charge in [-0.2, -0.15) is 0 Å². The minimum absolute atomic E-state index is 0.298. The van der Waals surface area contributed by atoms with Crippen molar-refractivity contribution in [1.82, 2.24) is 15.5 Å². The van der Waals surface area contributed by atoms with E-state index in [1.54, 1.807) is 11.3 Å². The van der Waals surface area contributed by atoms with Gasteiger partial charge in [0.1, 0.15) is 10.0 Å². The van der Waals surface area contributed by atoms with Gasteiger partial charge in [-0.1, -0.05) is 51.4 Å². The average Bonchev–Trinajstić information content (AvgIpc) is 2.76. The zero-order valence-corrected chi connectivity index (χ0v) is 11.9. The molecule has 1 fully saturated rings. The van der Waals surface area contributed by atoms with Crippen LogP contribution < -0.4 is 5.32 Å². The first-order valence-electron chi connectivity index (χ1n) is 6.66. The molecule has 0 atom stereocenters. The molecule has 1 heterocycles. The smallest absolute Gasteiger partial charge is 0.131 e. The van der Waals surface area contributed by atoms with Gasteiger partial charge in [-0.15, -0.1) is 10.2 Å². The van der Waals surface area contributed by atoms with Gasteiger partial charge >= 0.3 is 0 Å². The second kappa shape index (κ2) is 5.44. The summed E-state index contributed by atoms with van der Waals surface area (Å²) >= 11 is 1.80. The summed E-state index contributed by atoms with van der Waals surface area (Å²) in [5, 5.41) is 14.5. The predicted molar refractivity (Wildman–Crippen MR) is 72.3 cm³/mol. The molecule has 1 aromatic rings. The molecular formula is C13H23N3S. The highest BCUT2D eigenvalue weighted by Crippen LogP contribution is 2.39. The van der Waals surface area contributed by atoms with Crippen molar-refractivity contribution in [2.75, 3.05) is 0 Å². The SMILES string of the molecule is CC(C)NCc1nnc(C2(C)CCCCC2)s1. The number of hydrogen-bond acceptors (Lipinski definition) is 4. The maximum Gasteiger partial charge on any atom is 0.131 e. The third-order valence-corrected chi connectivity index (χ3v) is 4.83. The van der Waals surface area contributed by atoms with E-state index < -0.39 is 0 Å². The second-order valence-electron chi connectivity index (χ2n) is 5.66. The van der Waals surface area contributed by atoms with Crippen LogP contribution in [0.15, 0.2) is 0 Å². The normalized spacial score (nSPS) is 19.8. The first kappa shape index (κ1) is 13.0. The van der Waals surface area contributed by atoms with Crippen LogP contribution in [0.4, 0.5) is 0 Å². The third-order valence-electron chi connectivity index (χ3n) is 3.60. The molecule has 3 nitrogen and oxygen atoms in total. The van der Waals surface area contributed by atoms with E-state index in [0.717, 1.165) is 11.6 Å². The minimum atomic E-state index is 0.298. The summed E-state index contributed by atoms with van der Waals surface area (Å²) in [7, 11) is 0. The maximum atomic E-state index is 4.42. The molecule has 0 radical (unpaired) electrons. The third kappa shape index (κ3) is 3.26. The number of nitrogens with one attached hydrogen (secondary N) is 1. The van der Waals surface area contributed by atoms with Gasteiger partial charge in [-0.3, -0.25) is 0 Å². The molecule has 17 heavy (non-hydrogen) atoms. The van der Waals surface area contributed by atoms with Crippen molar-refractivity contribution in [3.8, 4) is 0 Å². The van der Waals surface area contributed by atoms with Crippen LogP contribution >= 0.6 is 11.3 Å². The molecule has 1 saturated carbocycles. The van der Waals surface area contributed by atoms with Gasteiger partial charge < -0.3 is 5.32 Å². The Labute approximate surface area is 108 Å². The van der Waals surface area contributed by atoms with Crippen molar-refractivity contribution >= 4 is 11.3 Å². The van der Waals surface area contributed by atoms with Gasteiger partial charge in [-0.25, -0.2) is 0 Å². The standard InChI is InChI=1S/C13H23N3S/c1-10(2)14-9-11-15-16-12(17-11)13(3)7-5-4-6-8-13/h10,14H,4-9H2,1-3H3. The van der Waals surface area contributed by atoms with Crippen LogP contribution in [0.25, 0.3) is 0 Å². The molecule has 0 saturated heterocycles. The van der Waals surface area contributed by atoms with Gasteiger partial charge in [-0.05, 0) is 12.8 Å². The van der Waals surface area contributed by atoms with E-state index in [1.165, 1.54) is 37.1 Å². The van der Waals surface area contributed by atoms with E-state index >= 15 is 0 Å². The average molecular weight is 253 g/mol. The molecule has 0 aliphatic heterocycles. The summed E-state index contributed by atoms with van der Waals surface area (Å²) in [4.78, 5) is 0. The fourth-order valence-electron chi connectivity index (χ4n) is 2.41. The van der Waals surface area contributed by atoms with Crippen LogP contribution in [0.2, 0.25) is 0 Å². The molecule has 2 rings (SSSR count). The largest absolute Gasteiger partial charge is 0.308 e. The quantitative estimate of drug-likeness (QED) is 0.895. The number of aromatic nitrogens is 2. The zero-order valence-electron chi connectivity index (χ0n) is 11.1. The van der Waals surface area contributed by atoms with Gasteiger partial charge in [0.25, 0.3) is 0 Å². The van der Waals surface area contributed by atoms with Gasteiger partial charge in [0, 0.05) is 18.0 Å². The molecule has 0 spiro atoms. The highest BCUT2D eigenvalue weighted by Gasteiger charge is 2.32. The Bertz CT molecular complexity index is 353. The highest BCUT2D eigenvalue weighted by molar-refractivity contribution is 7.11. The van der Waals surface area contributed by atoms with Crippen LogP contribution in [0.1, 0.15) is 62.9 Å². The summed E-state index contributed by atoms with van der Waals surface area (Å²) in [5.74, 6) is 0. The number of hydrogen-bond donors (Lipinski definition) is 1. The topological polar surface area (TPSA) is 37.8 Å². The Kier molecular flexibility index (Phi) is 4.15. The van der Waals surface area contributed by atoms with E-state index in [9.17, 15) is 0 Å². The molecule has 0 unspecified atom stereocenters. The van der Waals surface area contributed by atoms with E-state index in [4.69, 9.17) is 0 Å². The lowest BCUT2D eigenvalue weighted by Crippen LogP contribution is -2.24. The molecule has 0 bridgehead atoms. The summed E-state index contributed by atoms with van der Waals surface area (Å²) in [6.07, 6.45) is 6.62. The van der Waals surface area contributed by atoms with Crippen molar-refractivity contribution in [1.29, 1.82) is 0 Å². The van der Waals surface area contributed by atoms with E-state index in [-0.39, 0.29) is 0 Å². The molecule has 96 valence electrons. The fraction of sp³-hybridized carbons (Fsp3) is 0.846. The number of nitrogens with zero attached hydrogens (tertiary/aromatic N) is 2. The highest BCUT2D eigenvalue weighted by atomic mass is 32.1. The van der Waals surface area contributed by atoms with E-state index in [0.29, 0.717) is 11.5 Å².